The molecule has 2 aliphatic rings. The Kier molecular flexibility index (Phi) is 3.71. The molecule has 0 radical (unpaired) electrons. The summed E-state index contributed by atoms with van der Waals surface area (Å²) in [6, 6.07) is 13.8. The highest BCUT2D eigenvalue weighted by atomic mass is 16.7. The average molecular weight is 350 g/mol. The summed E-state index contributed by atoms with van der Waals surface area (Å²) in [7, 11) is 0. The fourth-order valence-electron chi connectivity index (χ4n) is 3.20. The summed E-state index contributed by atoms with van der Waals surface area (Å²) in [4.78, 5) is 6.99. The Morgan fingerprint density at radius 3 is 2.77 bits per heavy atom. The van der Waals surface area contributed by atoms with E-state index in [1.54, 1.807) is 0 Å². The number of rotatable bonds is 3. The standard InChI is InChI=1S/C19H18N4O3/c1-2-4-16-15(3-1)21-19(22-7-9-24-10-8-22)23(16)20-12-14-5-6-17-18(11-14)26-13-25-17/h1-6,11-12H,7-10,13H2/b20-12+. The summed E-state index contributed by atoms with van der Waals surface area (Å²) in [6.07, 6.45) is 1.82. The first kappa shape index (κ1) is 15.2. The van der Waals surface area contributed by atoms with E-state index < -0.39 is 0 Å². The van der Waals surface area contributed by atoms with Crippen molar-refractivity contribution in [3.05, 3.63) is 48.0 Å². The SMILES string of the molecule is C(=N\n1c(N2CCOCC2)nc2ccccc21)/c1ccc2c(c1)OCO2. The van der Waals surface area contributed by atoms with Crippen LogP contribution in [0.3, 0.4) is 0 Å². The van der Waals surface area contributed by atoms with Gasteiger partial charge in [0.05, 0.1) is 30.5 Å². The topological polar surface area (TPSA) is 61.1 Å². The second-order valence-corrected chi connectivity index (χ2v) is 6.17. The van der Waals surface area contributed by atoms with Crippen LogP contribution < -0.4 is 14.4 Å². The number of hydrogen-bond donors (Lipinski definition) is 0. The Bertz CT molecular complexity index is 976. The zero-order valence-corrected chi connectivity index (χ0v) is 14.2. The van der Waals surface area contributed by atoms with Gasteiger partial charge in [-0.2, -0.15) is 9.78 Å². The van der Waals surface area contributed by atoms with Crippen molar-refractivity contribution in [1.29, 1.82) is 0 Å². The molecule has 0 N–H and O–H groups in total. The van der Waals surface area contributed by atoms with E-state index in [-0.39, 0.29) is 6.79 Å². The molecule has 5 rings (SSSR count). The number of fused-ring (bicyclic) bond motifs is 2. The highest BCUT2D eigenvalue weighted by Crippen LogP contribution is 2.32. The molecule has 0 bridgehead atoms. The minimum Gasteiger partial charge on any atom is -0.454 e. The van der Waals surface area contributed by atoms with Gasteiger partial charge in [-0.15, -0.1) is 0 Å². The van der Waals surface area contributed by atoms with Crippen molar-refractivity contribution in [1.82, 2.24) is 9.66 Å². The van der Waals surface area contributed by atoms with Crippen molar-refractivity contribution in [3.63, 3.8) is 0 Å². The van der Waals surface area contributed by atoms with Gasteiger partial charge in [-0.1, -0.05) is 12.1 Å². The first-order valence-electron chi connectivity index (χ1n) is 8.63. The largest absolute Gasteiger partial charge is 0.454 e. The van der Waals surface area contributed by atoms with Crippen LogP contribution in [0, 0.1) is 0 Å². The molecule has 3 aromatic rings. The molecule has 0 unspecified atom stereocenters. The Balaban J connectivity index is 1.54. The quantitative estimate of drug-likeness (QED) is 0.679. The molecule has 0 saturated carbocycles. The molecule has 0 spiro atoms. The van der Waals surface area contributed by atoms with Gasteiger partial charge >= 0.3 is 0 Å². The van der Waals surface area contributed by atoms with Crippen LogP contribution in [0.25, 0.3) is 11.0 Å². The number of aromatic nitrogens is 2. The minimum atomic E-state index is 0.267. The molecule has 3 heterocycles. The highest BCUT2D eigenvalue weighted by Gasteiger charge is 2.19. The van der Waals surface area contributed by atoms with Gasteiger partial charge < -0.3 is 19.1 Å². The smallest absolute Gasteiger partial charge is 0.231 e. The van der Waals surface area contributed by atoms with E-state index in [0.29, 0.717) is 13.2 Å². The Morgan fingerprint density at radius 2 is 1.85 bits per heavy atom. The van der Waals surface area contributed by atoms with Gasteiger partial charge in [0.15, 0.2) is 11.5 Å². The van der Waals surface area contributed by atoms with Crippen molar-refractivity contribution < 1.29 is 14.2 Å². The third-order valence-corrected chi connectivity index (χ3v) is 4.53. The zero-order valence-electron chi connectivity index (χ0n) is 14.2. The van der Waals surface area contributed by atoms with Gasteiger partial charge in [0.1, 0.15) is 0 Å². The number of anilines is 1. The van der Waals surface area contributed by atoms with E-state index in [9.17, 15) is 0 Å². The van der Waals surface area contributed by atoms with E-state index in [2.05, 4.69) is 4.90 Å². The molecule has 7 nitrogen and oxygen atoms in total. The van der Waals surface area contributed by atoms with Crippen molar-refractivity contribution in [2.45, 2.75) is 0 Å². The molecule has 26 heavy (non-hydrogen) atoms. The lowest BCUT2D eigenvalue weighted by Gasteiger charge is -2.27. The zero-order chi connectivity index (χ0) is 17.3. The minimum absolute atomic E-state index is 0.267. The maximum absolute atomic E-state index is 5.46. The lowest BCUT2D eigenvalue weighted by molar-refractivity contribution is 0.122. The van der Waals surface area contributed by atoms with Crippen LogP contribution in [0.2, 0.25) is 0 Å². The van der Waals surface area contributed by atoms with Crippen molar-refractivity contribution in [2.75, 3.05) is 38.0 Å². The molecule has 0 atom stereocenters. The van der Waals surface area contributed by atoms with Crippen molar-refractivity contribution in [3.8, 4) is 11.5 Å². The molecule has 0 aliphatic carbocycles. The molecule has 2 aromatic carbocycles. The third kappa shape index (κ3) is 2.66. The molecule has 1 aromatic heterocycles. The van der Waals surface area contributed by atoms with Crippen LogP contribution in [0.5, 0.6) is 11.5 Å². The van der Waals surface area contributed by atoms with E-state index in [4.69, 9.17) is 24.3 Å². The number of hydrogen-bond acceptors (Lipinski definition) is 6. The summed E-state index contributed by atoms with van der Waals surface area (Å²) < 4.78 is 18.2. The molecule has 132 valence electrons. The summed E-state index contributed by atoms with van der Waals surface area (Å²) in [5, 5.41) is 4.72. The maximum atomic E-state index is 5.46. The van der Waals surface area contributed by atoms with E-state index >= 15 is 0 Å². The molecule has 0 amide bonds. The Morgan fingerprint density at radius 1 is 1.00 bits per heavy atom. The predicted octanol–water partition coefficient (Wildman–Crippen LogP) is 2.48. The summed E-state index contributed by atoms with van der Waals surface area (Å²) >= 11 is 0. The average Bonchev–Trinajstić information content (AvgIpc) is 3.31. The number of nitrogens with zero attached hydrogens (tertiary/aromatic N) is 4. The number of imidazole rings is 1. The third-order valence-electron chi connectivity index (χ3n) is 4.53. The van der Waals surface area contributed by atoms with Gasteiger partial charge in [0, 0.05) is 13.1 Å². The lowest BCUT2D eigenvalue weighted by Crippen LogP contribution is -2.37. The van der Waals surface area contributed by atoms with Crippen molar-refractivity contribution >= 4 is 23.2 Å². The predicted molar refractivity (Wildman–Crippen MR) is 98.3 cm³/mol. The van der Waals surface area contributed by atoms with E-state index in [1.807, 2.05) is 53.4 Å². The first-order valence-corrected chi connectivity index (χ1v) is 8.63. The van der Waals surface area contributed by atoms with Gasteiger partial charge in [-0.3, -0.25) is 0 Å². The summed E-state index contributed by atoms with van der Waals surface area (Å²) in [5.41, 5.74) is 2.85. The van der Waals surface area contributed by atoms with Gasteiger partial charge in [-0.25, -0.2) is 4.98 Å². The molecule has 1 fully saturated rings. The van der Waals surface area contributed by atoms with Crippen LogP contribution in [-0.2, 0) is 4.74 Å². The van der Waals surface area contributed by atoms with Crippen molar-refractivity contribution in [2.24, 2.45) is 5.10 Å². The fraction of sp³-hybridized carbons (Fsp3) is 0.263. The molecular weight excluding hydrogens is 332 g/mol. The van der Waals surface area contributed by atoms with Crippen LogP contribution in [0.15, 0.2) is 47.6 Å². The van der Waals surface area contributed by atoms with Crippen LogP contribution in [0.4, 0.5) is 5.95 Å². The van der Waals surface area contributed by atoms with Crippen LogP contribution >= 0.6 is 0 Å². The monoisotopic (exact) mass is 350 g/mol. The summed E-state index contributed by atoms with van der Waals surface area (Å²) in [5.74, 6) is 2.36. The Hall–Kier alpha value is -3.06. The molecule has 1 saturated heterocycles. The van der Waals surface area contributed by atoms with Gasteiger partial charge in [0.25, 0.3) is 0 Å². The molecular formula is C19H18N4O3. The summed E-state index contributed by atoms with van der Waals surface area (Å²) in [6.45, 7) is 3.29. The van der Waals surface area contributed by atoms with E-state index in [1.165, 1.54) is 0 Å². The Labute approximate surface area is 150 Å². The number of benzene rings is 2. The second-order valence-electron chi connectivity index (χ2n) is 6.17. The fourth-order valence-corrected chi connectivity index (χ4v) is 3.20. The number of ether oxygens (including phenoxy) is 3. The second kappa shape index (κ2) is 6.34. The van der Waals surface area contributed by atoms with Gasteiger partial charge in [-0.05, 0) is 35.9 Å². The molecule has 2 aliphatic heterocycles. The number of para-hydroxylation sites is 2. The lowest BCUT2D eigenvalue weighted by atomic mass is 10.2. The first-order chi connectivity index (χ1) is 12.9. The maximum Gasteiger partial charge on any atom is 0.231 e. The van der Waals surface area contributed by atoms with Crippen LogP contribution in [-0.4, -0.2) is 49.0 Å². The molecule has 7 heteroatoms. The number of morpholine rings is 1. The van der Waals surface area contributed by atoms with E-state index in [0.717, 1.165) is 47.1 Å². The highest BCUT2D eigenvalue weighted by molar-refractivity contribution is 5.83. The normalized spacial score (nSPS) is 16.7. The van der Waals surface area contributed by atoms with Gasteiger partial charge in [0.2, 0.25) is 12.7 Å². The van der Waals surface area contributed by atoms with Crippen LogP contribution in [0.1, 0.15) is 5.56 Å².